The Morgan fingerprint density at radius 2 is 1.43 bits per heavy atom. The van der Waals surface area contributed by atoms with Crippen molar-refractivity contribution in [1.82, 2.24) is 10.2 Å². The molecule has 1 N–H and O–H groups in total. The largest absolute Gasteiger partial charge is 0.497 e. The number of nitrogens with one attached hydrogen (secondary N) is 1. The molecule has 2 amide bonds. The van der Waals surface area contributed by atoms with Gasteiger partial charge < -0.3 is 19.7 Å². The highest BCUT2D eigenvalue weighted by atomic mass is 32.2. The van der Waals surface area contributed by atoms with E-state index < -0.39 is 28.5 Å². The van der Waals surface area contributed by atoms with Crippen LogP contribution < -0.4 is 19.1 Å². The van der Waals surface area contributed by atoms with Crippen LogP contribution in [0.3, 0.4) is 0 Å². The molecule has 0 saturated heterocycles. The van der Waals surface area contributed by atoms with E-state index in [9.17, 15) is 18.0 Å². The van der Waals surface area contributed by atoms with Crippen molar-refractivity contribution < 1.29 is 27.5 Å². The second-order valence-corrected chi connectivity index (χ2v) is 12.9. The van der Waals surface area contributed by atoms with Crippen LogP contribution in [0.15, 0.2) is 114 Å². The lowest BCUT2D eigenvalue weighted by molar-refractivity contribution is -0.140. The van der Waals surface area contributed by atoms with Crippen LogP contribution in [0.2, 0.25) is 0 Å². The number of ether oxygens (including phenoxy) is 2. The quantitative estimate of drug-likeness (QED) is 0.185. The molecular weight excluding hydrogens is 602 g/mol. The van der Waals surface area contributed by atoms with Gasteiger partial charge in [-0.2, -0.15) is 0 Å². The van der Waals surface area contributed by atoms with Crippen molar-refractivity contribution >= 4 is 27.5 Å². The summed E-state index contributed by atoms with van der Waals surface area (Å²) in [5.41, 5.74) is 1.90. The Bertz CT molecular complexity index is 1680. The monoisotopic (exact) mass is 643 g/mol. The summed E-state index contributed by atoms with van der Waals surface area (Å²) in [5.74, 6) is 0.255. The van der Waals surface area contributed by atoms with Crippen molar-refractivity contribution in [3.8, 4) is 11.5 Å². The molecule has 46 heavy (non-hydrogen) atoms. The van der Waals surface area contributed by atoms with E-state index in [0.29, 0.717) is 23.8 Å². The Labute approximate surface area is 271 Å². The number of carbonyl (C=O) groups is 2. The summed E-state index contributed by atoms with van der Waals surface area (Å²) >= 11 is 0. The normalized spacial score (nSPS) is 11.8. The van der Waals surface area contributed by atoms with E-state index in [2.05, 4.69) is 5.32 Å². The number of hydrogen-bond acceptors (Lipinski definition) is 6. The fourth-order valence-electron chi connectivity index (χ4n) is 5.03. The topological polar surface area (TPSA) is 105 Å². The molecule has 10 heteroatoms. The minimum absolute atomic E-state index is 0.00494. The predicted octanol–water partition coefficient (Wildman–Crippen LogP) is 5.45. The summed E-state index contributed by atoms with van der Waals surface area (Å²) in [6.45, 7) is 5.50. The minimum atomic E-state index is -4.21. The van der Waals surface area contributed by atoms with Gasteiger partial charge in [0.05, 0.1) is 24.3 Å². The molecule has 0 fully saturated rings. The third kappa shape index (κ3) is 8.88. The summed E-state index contributed by atoms with van der Waals surface area (Å²) in [6.07, 6.45) is 0.228. The Kier molecular flexibility index (Phi) is 11.8. The number of amides is 2. The maximum Gasteiger partial charge on any atom is 0.264 e. The van der Waals surface area contributed by atoms with Gasteiger partial charge in [-0.3, -0.25) is 13.9 Å². The first-order valence-electron chi connectivity index (χ1n) is 15.2. The van der Waals surface area contributed by atoms with E-state index >= 15 is 0 Å². The third-order valence-electron chi connectivity index (χ3n) is 7.23. The second-order valence-electron chi connectivity index (χ2n) is 11.0. The lowest BCUT2D eigenvalue weighted by Gasteiger charge is -2.34. The van der Waals surface area contributed by atoms with E-state index in [1.807, 2.05) is 63.2 Å². The lowest BCUT2D eigenvalue weighted by Crippen LogP contribution is -2.54. The number of para-hydroxylation sites is 1. The number of methoxy groups -OCH3 is 1. The average molecular weight is 644 g/mol. The highest BCUT2D eigenvalue weighted by Crippen LogP contribution is 2.26. The van der Waals surface area contributed by atoms with Crippen LogP contribution in [0.1, 0.15) is 31.9 Å². The van der Waals surface area contributed by atoms with Crippen molar-refractivity contribution in [2.45, 2.75) is 50.7 Å². The SMILES string of the molecule is CCOc1ccc(S(=O)(=O)N(CC(=O)N(Cc2cccc(OC)c2)C(Cc2ccccc2)C(=O)NC(C)C)c2ccccc2)cc1. The standard InChI is InChI=1S/C36H41N3O6S/c1-5-45-31-19-21-33(22-20-31)46(42,43)39(30-16-10-7-11-17-30)26-35(40)38(25-29-15-12-18-32(23-29)44-4)34(36(41)37-27(2)3)24-28-13-8-6-9-14-28/h6-23,27,34H,5,24-26H2,1-4H3,(H,37,41). The maximum atomic E-state index is 14.5. The van der Waals surface area contributed by atoms with Gasteiger partial charge in [-0.15, -0.1) is 0 Å². The number of rotatable bonds is 15. The molecule has 1 atom stereocenters. The summed E-state index contributed by atoms with van der Waals surface area (Å²) < 4.78 is 40.3. The van der Waals surface area contributed by atoms with Crippen LogP contribution in [0.5, 0.6) is 11.5 Å². The molecule has 0 saturated carbocycles. The molecule has 0 radical (unpaired) electrons. The van der Waals surface area contributed by atoms with Gasteiger partial charge in [0.25, 0.3) is 10.0 Å². The van der Waals surface area contributed by atoms with Gasteiger partial charge in [0, 0.05) is 19.0 Å². The summed E-state index contributed by atoms with van der Waals surface area (Å²) in [6, 6.07) is 30.1. The van der Waals surface area contributed by atoms with Gasteiger partial charge in [0.2, 0.25) is 11.8 Å². The van der Waals surface area contributed by atoms with Crippen LogP contribution in [-0.4, -0.2) is 57.5 Å². The first-order chi connectivity index (χ1) is 22.1. The van der Waals surface area contributed by atoms with Crippen molar-refractivity contribution in [2.24, 2.45) is 0 Å². The molecule has 242 valence electrons. The van der Waals surface area contributed by atoms with Gasteiger partial charge >= 0.3 is 0 Å². The average Bonchev–Trinajstić information content (AvgIpc) is 3.06. The smallest absolute Gasteiger partial charge is 0.264 e. The molecule has 0 aliphatic carbocycles. The Hall–Kier alpha value is -4.83. The number of nitrogens with zero attached hydrogens (tertiary/aromatic N) is 2. The molecule has 4 aromatic rings. The molecule has 0 spiro atoms. The van der Waals surface area contributed by atoms with Crippen LogP contribution in [0, 0.1) is 0 Å². The predicted molar refractivity (Wildman–Crippen MR) is 179 cm³/mol. The molecule has 0 aliphatic rings. The van der Waals surface area contributed by atoms with E-state index in [1.54, 1.807) is 61.7 Å². The van der Waals surface area contributed by atoms with Crippen LogP contribution in [-0.2, 0) is 32.6 Å². The number of benzene rings is 4. The van der Waals surface area contributed by atoms with Gasteiger partial charge in [0.15, 0.2) is 0 Å². The van der Waals surface area contributed by atoms with Gasteiger partial charge in [-0.25, -0.2) is 8.42 Å². The third-order valence-corrected chi connectivity index (χ3v) is 9.02. The zero-order valence-electron chi connectivity index (χ0n) is 26.6. The van der Waals surface area contributed by atoms with Crippen LogP contribution in [0.4, 0.5) is 5.69 Å². The van der Waals surface area contributed by atoms with Crippen molar-refractivity contribution in [1.29, 1.82) is 0 Å². The maximum absolute atomic E-state index is 14.5. The van der Waals surface area contributed by atoms with E-state index in [-0.39, 0.29) is 29.8 Å². The fourth-order valence-corrected chi connectivity index (χ4v) is 6.44. The first kappa shape index (κ1) is 34.1. The molecule has 0 aliphatic heterocycles. The molecule has 0 heterocycles. The minimum Gasteiger partial charge on any atom is -0.497 e. The van der Waals surface area contributed by atoms with E-state index in [1.165, 1.54) is 17.0 Å². The fraction of sp³-hybridized carbons (Fsp3) is 0.278. The molecular formula is C36H41N3O6S. The van der Waals surface area contributed by atoms with Crippen molar-refractivity contribution in [2.75, 3.05) is 24.6 Å². The van der Waals surface area contributed by atoms with Gasteiger partial charge in [0.1, 0.15) is 24.1 Å². The zero-order chi connectivity index (χ0) is 33.1. The van der Waals surface area contributed by atoms with Gasteiger partial charge in [-0.05, 0) is 80.4 Å². The Morgan fingerprint density at radius 1 is 0.804 bits per heavy atom. The summed E-state index contributed by atoms with van der Waals surface area (Å²) in [7, 11) is -2.66. The molecule has 9 nitrogen and oxygen atoms in total. The highest BCUT2D eigenvalue weighted by molar-refractivity contribution is 7.92. The van der Waals surface area contributed by atoms with Crippen molar-refractivity contribution in [3.63, 3.8) is 0 Å². The zero-order valence-corrected chi connectivity index (χ0v) is 27.4. The van der Waals surface area contributed by atoms with E-state index in [0.717, 1.165) is 15.4 Å². The number of sulfonamides is 1. The molecule has 0 bridgehead atoms. The second kappa shape index (κ2) is 15.9. The van der Waals surface area contributed by atoms with Gasteiger partial charge in [-0.1, -0.05) is 60.7 Å². The van der Waals surface area contributed by atoms with Crippen molar-refractivity contribution in [3.05, 3.63) is 120 Å². The highest BCUT2D eigenvalue weighted by Gasteiger charge is 2.35. The molecule has 1 unspecified atom stereocenters. The first-order valence-corrected chi connectivity index (χ1v) is 16.6. The lowest BCUT2D eigenvalue weighted by atomic mass is 10.0. The molecule has 4 aromatic carbocycles. The van der Waals surface area contributed by atoms with E-state index in [4.69, 9.17) is 9.47 Å². The molecule has 0 aromatic heterocycles. The molecule has 4 rings (SSSR count). The number of carbonyl (C=O) groups excluding carboxylic acids is 2. The van der Waals surface area contributed by atoms with Crippen LogP contribution in [0.25, 0.3) is 0 Å². The van der Waals surface area contributed by atoms with Crippen LogP contribution >= 0.6 is 0 Å². The Morgan fingerprint density at radius 3 is 2.04 bits per heavy atom. The Balaban J connectivity index is 1.78. The summed E-state index contributed by atoms with van der Waals surface area (Å²) in [5, 5.41) is 2.96. The summed E-state index contributed by atoms with van der Waals surface area (Å²) in [4.78, 5) is 29.8. The number of anilines is 1. The number of hydrogen-bond donors (Lipinski definition) is 1.